The van der Waals surface area contributed by atoms with Crippen molar-refractivity contribution in [2.75, 3.05) is 17.2 Å². The first-order valence-electron chi connectivity index (χ1n) is 9.33. The highest BCUT2D eigenvalue weighted by Crippen LogP contribution is 2.46. The van der Waals surface area contributed by atoms with E-state index in [0.717, 1.165) is 28.9 Å². The molecule has 0 spiro atoms. The second-order valence-electron chi connectivity index (χ2n) is 7.27. The van der Waals surface area contributed by atoms with Gasteiger partial charge in [0.1, 0.15) is 12.4 Å². The van der Waals surface area contributed by atoms with E-state index in [4.69, 9.17) is 16.3 Å². The maximum atomic E-state index is 10.3. The number of anilines is 1. The number of aryl methyl sites for hydroxylation is 1. The molecule has 0 bridgehead atoms. The molecule has 0 radical (unpaired) electrons. The summed E-state index contributed by atoms with van der Waals surface area (Å²) in [6, 6.07) is 18.7. The summed E-state index contributed by atoms with van der Waals surface area (Å²) in [5, 5.41) is 12.5. The fourth-order valence-electron chi connectivity index (χ4n) is 3.94. The molecule has 0 aromatic heterocycles. The number of hydrogen-bond acceptors (Lipinski definition) is 3. The van der Waals surface area contributed by atoms with Crippen LogP contribution in [0.2, 0.25) is 6.82 Å². The molecule has 1 atom stereocenters. The first-order chi connectivity index (χ1) is 13.1. The van der Waals surface area contributed by atoms with Gasteiger partial charge in [-0.15, -0.1) is 11.6 Å². The Kier molecular flexibility index (Phi) is 5.03. The van der Waals surface area contributed by atoms with Crippen molar-refractivity contribution in [3.63, 3.8) is 0 Å². The third kappa shape index (κ3) is 3.40. The van der Waals surface area contributed by atoms with Gasteiger partial charge in [0.15, 0.2) is 0 Å². The Hall–Kier alpha value is -2.17. The van der Waals surface area contributed by atoms with Crippen LogP contribution in [0.3, 0.4) is 0 Å². The third-order valence-corrected chi connectivity index (χ3v) is 5.66. The van der Waals surface area contributed by atoms with Crippen LogP contribution in [-0.2, 0) is 6.61 Å². The van der Waals surface area contributed by atoms with Crippen LogP contribution in [0.15, 0.2) is 54.6 Å². The quantitative estimate of drug-likeness (QED) is 0.501. The Labute approximate surface area is 165 Å². The average molecular weight is 380 g/mol. The fraction of sp³-hybridized carbons (Fsp3) is 0.273. The van der Waals surface area contributed by atoms with Crippen molar-refractivity contribution in [3.8, 4) is 5.75 Å². The molecular weight excluding hydrogens is 357 g/mol. The van der Waals surface area contributed by atoms with E-state index in [1.807, 2.05) is 23.0 Å². The predicted molar refractivity (Wildman–Crippen MR) is 114 cm³/mol. The number of hydrogen-bond donors (Lipinski definition) is 1. The molecule has 3 aromatic rings. The first-order valence-corrected chi connectivity index (χ1v) is 9.86. The fourth-order valence-corrected chi connectivity index (χ4v) is 4.19. The van der Waals surface area contributed by atoms with Crippen molar-refractivity contribution in [3.05, 3.63) is 71.3 Å². The van der Waals surface area contributed by atoms with E-state index >= 15 is 0 Å². The topological polar surface area (TPSA) is 32.7 Å². The van der Waals surface area contributed by atoms with Gasteiger partial charge in [0.2, 0.25) is 0 Å². The van der Waals surface area contributed by atoms with E-state index in [1.165, 1.54) is 16.5 Å². The molecule has 3 aromatic carbocycles. The minimum atomic E-state index is -0.568. The Balaban J connectivity index is 1.84. The minimum Gasteiger partial charge on any atom is -0.488 e. The van der Waals surface area contributed by atoms with Crippen LogP contribution < -0.4 is 9.55 Å². The van der Waals surface area contributed by atoms with Crippen molar-refractivity contribution < 1.29 is 9.76 Å². The lowest BCUT2D eigenvalue weighted by atomic mass is 9.85. The van der Waals surface area contributed by atoms with E-state index in [1.54, 1.807) is 6.82 Å². The number of fused-ring (bicyclic) bond motifs is 3. The highest BCUT2D eigenvalue weighted by atomic mass is 35.5. The van der Waals surface area contributed by atoms with Gasteiger partial charge < -0.3 is 14.6 Å². The van der Waals surface area contributed by atoms with Crippen molar-refractivity contribution >= 4 is 35.1 Å². The number of nitrogens with zero attached hydrogens (tertiary/aromatic N) is 1. The molecular formula is C22H23BClNO2. The summed E-state index contributed by atoms with van der Waals surface area (Å²) in [7, 11) is -0.568. The van der Waals surface area contributed by atoms with Gasteiger partial charge in [-0.25, -0.2) is 0 Å². The van der Waals surface area contributed by atoms with Crippen LogP contribution in [0.1, 0.15) is 22.6 Å². The number of alkyl halides is 1. The zero-order valence-electron chi connectivity index (χ0n) is 15.7. The van der Waals surface area contributed by atoms with Crippen LogP contribution in [0, 0.1) is 6.92 Å². The zero-order valence-corrected chi connectivity index (χ0v) is 16.4. The van der Waals surface area contributed by atoms with Crippen molar-refractivity contribution in [1.82, 2.24) is 0 Å². The molecule has 1 unspecified atom stereocenters. The van der Waals surface area contributed by atoms with Gasteiger partial charge in [0.05, 0.1) is 0 Å². The van der Waals surface area contributed by atoms with E-state index in [2.05, 4.69) is 43.3 Å². The number of rotatable bonds is 5. The van der Waals surface area contributed by atoms with E-state index in [0.29, 0.717) is 12.5 Å². The Morgan fingerprint density at radius 1 is 1.15 bits per heavy atom. The monoisotopic (exact) mass is 379 g/mol. The summed E-state index contributed by atoms with van der Waals surface area (Å²) in [6.07, 6.45) is 0. The number of benzene rings is 3. The smallest absolute Gasteiger partial charge is 0.409 e. The van der Waals surface area contributed by atoms with Crippen LogP contribution in [0.5, 0.6) is 5.75 Å². The molecule has 1 heterocycles. The predicted octanol–water partition coefficient (Wildman–Crippen LogP) is 4.98. The highest BCUT2D eigenvalue weighted by Gasteiger charge is 2.34. The van der Waals surface area contributed by atoms with Gasteiger partial charge in [-0.3, -0.25) is 0 Å². The summed E-state index contributed by atoms with van der Waals surface area (Å²) in [4.78, 5) is 2.01. The van der Waals surface area contributed by atoms with Crippen LogP contribution in [0.4, 0.5) is 5.69 Å². The maximum Gasteiger partial charge on any atom is 0.409 e. The highest BCUT2D eigenvalue weighted by molar-refractivity contribution is 6.54. The maximum absolute atomic E-state index is 10.3. The van der Waals surface area contributed by atoms with Crippen LogP contribution >= 0.6 is 11.6 Å². The molecule has 27 heavy (non-hydrogen) atoms. The number of halogens is 1. The molecule has 5 heteroatoms. The Bertz CT molecular complexity index is 961. The summed E-state index contributed by atoms with van der Waals surface area (Å²) in [5.74, 6) is 1.57. The van der Waals surface area contributed by atoms with Gasteiger partial charge in [-0.05, 0) is 30.3 Å². The molecule has 0 amide bonds. The molecule has 1 aliphatic heterocycles. The van der Waals surface area contributed by atoms with Gasteiger partial charge in [0.25, 0.3) is 0 Å². The normalized spacial score (nSPS) is 15.9. The summed E-state index contributed by atoms with van der Waals surface area (Å²) in [5.41, 5.74) is 4.58. The molecule has 0 saturated heterocycles. The lowest BCUT2D eigenvalue weighted by Crippen LogP contribution is -2.36. The second kappa shape index (κ2) is 7.45. The molecule has 0 aliphatic carbocycles. The molecule has 3 nitrogen and oxygen atoms in total. The Morgan fingerprint density at radius 2 is 1.93 bits per heavy atom. The minimum absolute atomic E-state index is 0.198. The van der Waals surface area contributed by atoms with E-state index in [9.17, 15) is 5.02 Å². The first kappa shape index (κ1) is 18.2. The Morgan fingerprint density at radius 3 is 2.63 bits per heavy atom. The lowest BCUT2D eigenvalue weighted by Gasteiger charge is -2.22. The summed E-state index contributed by atoms with van der Waals surface area (Å²) in [6.45, 7) is 5.13. The third-order valence-electron chi connectivity index (χ3n) is 5.28. The average Bonchev–Trinajstić information content (AvgIpc) is 3.06. The standard InChI is InChI=1S/C22H23BClNO2/c1-15-8-9-18-19(10-15)22-17(12-24)13-25(23(2)26)20(22)11-21(18)27-14-16-6-4-3-5-7-16/h3-11,17,26H,12-14H2,1-2H3. The van der Waals surface area contributed by atoms with Gasteiger partial charge in [-0.2, -0.15) is 0 Å². The van der Waals surface area contributed by atoms with Crippen molar-refractivity contribution in [1.29, 1.82) is 0 Å². The van der Waals surface area contributed by atoms with E-state index < -0.39 is 7.05 Å². The van der Waals surface area contributed by atoms with Crippen molar-refractivity contribution in [2.24, 2.45) is 0 Å². The summed E-state index contributed by atoms with van der Waals surface area (Å²) < 4.78 is 6.23. The molecule has 138 valence electrons. The van der Waals surface area contributed by atoms with Crippen LogP contribution in [-0.4, -0.2) is 24.5 Å². The van der Waals surface area contributed by atoms with E-state index in [-0.39, 0.29) is 5.92 Å². The van der Waals surface area contributed by atoms with Gasteiger partial charge in [-0.1, -0.05) is 54.1 Å². The lowest BCUT2D eigenvalue weighted by molar-refractivity contribution is 0.310. The molecule has 1 aliphatic rings. The molecule has 0 fully saturated rings. The zero-order chi connectivity index (χ0) is 19.0. The second-order valence-corrected chi connectivity index (χ2v) is 7.57. The number of ether oxygens (including phenoxy) is 1. The SMILES string of the molecule is CB(O)N1CC(CCl)c2c1cc(OCc1ccccc1)c1ccc(C)cc21. The molecule has 1 N–H and O–H groups in total. The molecule has 0 saturated carbocycles. The van der Waals surface area contributed by atoms with Crippen molar-refractivity contribution in [2.45, 2.75) is 26.3 Å². The van der Waals surface area contributed by atoms with Crippen LogP contribution in [0.25, 0.3) is 10.8 Å². The van der Waals surface area contributed by atoms with Gasteiger partial charge >= 0.3 is 7.05 Å². The summed E-state index contributed by atoms with van der Waals surface area (Å²) >= 11 is 6.29. The molecule has 4 rings (SSSR count). The largest absolute Gasteiger partial charge is 0.488 e. The van der Waals surface area contributed by atoms with Gasteiger partial charge in [0, 0.05) is 35.5 Å².